The Bertz CT molecular complexity index is 850. The minimum absolute atomic E-state index is 0.0924. The highest BCUT2D eigenvalue weighted by Gasteiger charge is 2.48. The van der Waals surface area contributed by atoms with Crippen LogP contribution in [0.25, 0.3) is 0 Å². The molecule has 1 saturated heterocycles. The molecule has 9 nitrogen and oxygen atoms in total. The van der Waals surface area contributed by atoms with Gasteiger partial charge in [-0.2, -0.15) is 5.10 Å². The first-order chi connectivity index (χ1) is 13.4. The third-order valence-corrected chi connectivity index (χ3v) is 6.42. The van der Waals surface area contributed by atoms with Crippen LogP contribution in [0.3, 0.4) is 0 Å². The first-order valence-electron chi connectivity index (χ1n) is 10.2. The second kappa shape index (κ2) is 7.27. The molecule has 3 heterocycles. The van der Waals surface area contributed by atoms with E-state index in [4.69, 9.17) is 0 Å². The predicted molar refractivity (Wildman–Crippen MR) is 104 cm³/mol. The van der Waals surface area contributed by atoms with Gasteiger partial charge in [0.05, 0.1) is 11.7 Å². The number of amides is 1. The fraction of sp³-hybridized carbons (Fsp3) is 0.737. The summed E-state index contributed by atoms with van der Waals surface area (Å²) in [6.45, 7) is 5.51. The molecular weight excluding hydrogens is 356 g/mol. The van der Waals surface area contributed by atoms with Crippen molar-refractivity contribution >= 4 is 5.91 Å². The molecule has 1 saturated carbocycles. The largest absolute Gasteiger partial charge is 0.339 e. The lowest BCUT2D eigenvalue weighted by atomic mass is 9.95. The van der Waals surface area contributed by atoms with Crippen LogP contribution in [-0.4, -0.2) is 72.9 Å². The van der Waals surface area contributed by atoms with Gasteiger partial charge < -0.3 is 4.90 Å². The second-order valence-corrected chi connectivity index (χ2v) is 8.46. The van der Waals surface area contributed by atoms with E-state index in [9.17, 15) is 4.79 Å². The highest BCUT2D eigenvalue weighted by molar-refractivity contribution is 5.76. The number of hydrogen-bond acceptors (Lipinski definition) is 6. The number of hydrogen-bond donors (Lipinski definition) is 0. The summed E-state index contributed by atoms with van der Waals surface area (Å²) in [4.78, 5) is 17.1. The molecule has 1 aliphatic heterocycles. The van der Waals surface area contributed by atoms with Crippen LogP contribution in [0.15, 0.2) is 6.07 Å². The molecule has 4 rings (SSSR count). The smallest absolute Gasteiger partial charge is 0.244 e. The van der Waals surface area contributed by atoms with Gasteiger partial charge in [-0.05, 0) is 63.7 Å². The fourth-order valence-electron chi connectivity index (χ4n) is 4.71. The molecule has 0 bridgehead atoms. The van der Waals surface area contributed by atoms with Gasteiger partial charge in [0.1, 0.15) is 12.1 Å². The van der Waals surface area contributed by atoms with Crippen molar-refractivity contribution in [3.05, 3.63) is 23.3 Å². The molecule has 9 heteroatoms. The van der Waals surface area contributed by atoms with E-state index in [-0.39, 0.29) is 18.0 Å². The molecule has 0 spiro atoms. The van der Waals surface area contributed by atoms with Crippen molar-refractivity contribution in [1.82, 2.24) is 39.8 Å². The van der Waals surface area contributed by atoms with Crippen molar-refractivity contribution in [2.75, 3.05) is 27.2 Å². The minimum atomic E-state index is -0.350. The predicted octanol–water partition coefficient (Wildman–Crippen LogP) is 1.29. The number of tetrazole rings is 1. The molecule has 0 aromatic carbocycles. The van der Waals surface area contributed by atoms with Gasteiger partial charge in [-0.3, -0.25) is 14.4 Å². The maximum atomic E-state index is 13.0. The second-order valence-electron chi connectivity index (χ2n) is 8.46. The Morgan fingerprint density at radius 1 is 1.29 bits per heavy atom. The molecule has 28 heavy (non-hydrogen) atoms. The molecule has 0 N–H and O–H groups in total. The number of nitrogens with zero attached hydrogens (tertiary/aromatic N) is 8. The Hall–Kier alpha value is -2.29. The Morgan fingerprint density at radius 3 is 2.68 bits per heavy atom. The van der Waals surface area contributed by atoms with Gasteiger partial charge in [-0.1, -0.05) is 12.8 Å². The van der Waals surface area contributed by atoms with E-state index >= 15 is 0 Å². The SMILES string of the molecule is Cc1cc(C)n(CC(=O)N2CCC(c3nnnn3C3CCCC3)(N(C)C)C2)n1. The van der Waals surface area contributed by atoms with Gasteiger partial charge >= 0.3 is 0 Å². The molecule has 2 aromatic heterocycles. The summed E-state index contributed by atoms with van der Waals surface area (Å²) in [5, 5.41) is 17.2. The van der Waals surface area contributed by atoms with E-state index in [0.717, 1.165) is 36.5 Å². The van der Waals surface area contributed by atoms with Crippen LogP contribution in [0.5, 0.6) is 0 Å². The van der Waals surface area contributed by atoms with E-state index in [2.05, 4.69) is 39.6 Å². The number of aryl methyl sites for hydroxylation is 2. The molecule has 1 amide bonds. The third-order valence-electron chi connectivity index (χ3n) is 6.42. The van der Waals surface area contributed by atoms with Crippen LogP contribution in [-0.2, 0) is 16.9 Å². The summed E-state index contributed by atoms with van der Waals surface area (Å²) >= 11 is 0. The summed E-state index contributed by atoms with van der Waals surface area (Å²) in [5.74, 6) is 0.987. The number of likely N-dealkylation sites (N-methyl/N-ethyl adjacent to an activating group) is 1. The average Bonchev–Trinajstić information content (AvgIpc) is 3.42. The van der Waals surface area contributed by atoms with Crippen molar-refractivity contribution in [2.45, 2.75) is 64.1 Å². The number of carbonyl (C=O) groups excluding carboxylic acids is 1. The molecule has 1 atom stereocenters. The molecule has 0 radical (unpaired) electrons. The number of aromatic nitrogens is 6. The number of rotatable bonds is 5. The lowest BCUT2D eigenvalue weighted by Gasteiger charge is -2.35. The van der Waals surface area contributed by atoms with E-state index in [1.54, 1.807) is 4.68 Å². The number of carbonyl (C=O) groups is 1. The Kier molecular flexibility index (Phi) is 4.95. The van der Waals surface area contributed by atoms with E-state index in [0.29, 0.717) is 19.1 Å². The highest BCUT2D eigenvalue weighted by atomic mass is 16.2. The zero-order valence-electron chi connectivity index (χ0n) is 17.3. The summed E-state index contributed by atoms with van der Waals surface area (Å²) in [5.41, 5.74) is 1.59. The van der Waals surface area contributed by atoms with Gasteiger partial charge in [-0.25, -0.2) is 4.68 Å². The molecule has 1 aliphatic carbocycles. The summed E-state index contributed by atoms with van der Waals surface area (Å²) < 4.78 is 3.82. The van der Waals surface area contributed by atoms with Crippen LogP contribution in [0.2, 0.25) is 0 Å². The topological polar surface area (TPSA) is 85.0 Å². The molecule has 1 unspecified atom stereocenters. The first kappa shape index (κ1) is 19.0. The molecular formula is C19H30N8O. The Labute approximate surface area is 165 Å². The summed E-state index contributed by atoms with van der Waals surface area (Å²) in [6.07, 6.45) is 5.54. The maximum Gasteiger partial charge on any atom is 0.244 e. The minimum Gasteiger partial charge on any atom is -0.339 e. The fourth-order valence-corrected chi connectivity index (χ4v) is 4.71. The highest BCUT2D eigenvalue weighted by Crippen LogP contribution is 2.38. The molecule has 2 aromatic rings. The van der Waals surface area contributed by atoms with E-state index in [1.165, 1.54) is 12.8 Å². The van der Waals surface area contributed by atoms with Gasteiger partial charge in [0, 0.05) is 18.8 Å². The van der Waals surface area contributed by atoms with Crippen molar-refractivity contribution in [3.63, 3.8) is 0 Å². The van der Waals surface area contributed by atoms with Crippen LogP contribution in [0, 0.1) is 13.8 Å². The summed E-state index contributed by atoms with van der Waals surface area (Å²) in [7, 11) is 4.12. The van der Waals surface area contributed by atoms with Crippen LogP contribution < -0.4 is 0 Å². The van der Waals surface area contributed by atoms with Crippen molar-refractivity contribution < 1.29 is 4.79 Å². The van der Waals surface area contributed by atoms with Gasteiger partial charge in [-0.15, -0.1) is 5.10 Å². The number of likely N-dealkylation sites (tertiary alicyclic amines) is 1. The van der Waals surface area contributed by atoms with Gasteiger partial charge in [0.2, 0.25) is 5.91 Å². The van der Waals surface area contributed by atoms with Crippen molar-refractivity contribution in [1.29, 1.82) is 0 Å². The normalized spacial score (nSPS) is 23.2. The standard InChI is InChI=1S/C19H30N8O/c1-14-11-15(2)26(21-14)12-17(28)25-10-9-19(13-25,24(3)4)18-20-22-23-27(18)16-7-5-6-8-16/h11,16H,5-10,12-13H2,1-4H3. The summed E-state index contributed by atoms with van der Waals surface area (Å²) in [6, 6.07) is 2.37. The third kappa shape index (κ3) is 3.21. The van der Waals surface area contributed by atoms with Crippen molar-refractivity contribution in [2.24, 2.45) is 0 Å². The van der Waals surface area contributed by atoms with E-state index in [1.807, 2.05) is 29.5 Å². The molecule has 2 fully saturated rings. The quantitative estimate of drug-likeness (QED) is 0.770. The monoisotopic (exact) mass is 386 g/mol. The van der Waals surface area contributed by atoms with Crippen LogP contribution in [0.4, 0.5) is 0 Å². The molecule has 152 valence electrons. The zero-order valence-corrected chi connectivity index (χ0v) is 17.3. The first-order valence-corrected chi connectivity index (χ1v) is 10.2. The maximum absolute atomic E-state index is 13.0. The lowest BCUT2D eigenvalue weighted by Crippen LogP contribution is -2.47. The van der Waals surface area contributed by atoms with Crippen LogP contribution >= 0.6 is 0 Å². The van der Waals surface area contributed by atoms with E-state index < -0.39 is 0 Å². The van der Waals surface area contributed by atoms with Gasteiger partial charge in [0.15, 0.2) is 5.82 Å². The molecule has 2 aliphatic rings. The van der Waals surface area contributed by atoms with Crippen LogP contribution in [0.1, 0.15) is 55.4 Å². The van der Waals surface area contributed by atoms with Gasteiger partial charge in [0.25, 0.3) is 0 Å². The van der Waals surface area contributed by atoms with Crippen molar-refractivity contribution in [3.8, 4) is 0 Å². The Morgan fingerprint density at radius 2 is 2.04 bits per heavy atom. The lowest BCUT2D eigenvalue weighted by molar-refractivity contribution is -0.131. The Balaban J connectivity index is 1.56. The zero-order chi connectivity index (χ0) is 19.9. The average molecular weight is 387 g/mol.